The smallest absolute Gasteiger partial charge is 0.220 e. The maximum atomic E-state index is 16.6. The quantitative estimate of drug-likeness (QED) is 0.287. The highest BCUT2D eigenvalue weighted by molar-refractivity contribution is 7.90. The number of hydrogen-bond donors (Lipinski definition) is 3. The molecule has 4 aromatic rings. The Labute approximate surface area is 240 Å². The fourth-order valence-corrected chi connectivity index (χ4v) is 8.65. The fraction of sp³-hybridized carbons (Fsp3) is 0.310. The van der Waals surface area contributed by atoms with E-state index in [-0.39, 0.29) is 36.2 Å². The molecular formula is C29H28F4N6O2S. The van der Waals surface area contributed by atoms with Crippen LogP contribution in [0, 0.1) is 23.3 Å². The lowest BCUT2D eigenvalue weighted by Gasteiger charge is -2.45. The summed E-state index contributed by atoms with van der Waals surface area (Å²) in [6.07, 6.45) is 3.85. The highest BCUT2D eigenvalue weighted by atomic mass is 32.2. The molecule has 2 aromatic carbocycles. The number of hydrogen-bond acceptors (Lipinski definition) is 6. The number of benzene rings is 2. The van der Waals surface area contributed by atoms with E-state index in [1.165, 1.54) is 18.6 Å². The van der Waals surface area contributed by atoms with Gasteiger partial charge in [0.15, 0.2) is 0 Å². The van der Waals surface area contributed by atoms with Gasteiger partial charge >= 0.3 is 0 Å². The van der Waals surface area contributed by atoms with Crippen LogP contribution >= 0.6 is 0 Å². The molecule has 2 fully saturated rings. The second kappa shape index (κ2) is 10.5. The zero-order valence-corrected chi connectivity index (χ0v) is 23.2. The van der Waals surface area contributed by atoms with E-state index in [4.69, 9.17) is 5.14 Å². The third kappa shape index (κ3) is 4.21. The van der Waals surface area contributed by atoms with E-state index in [1.807, 2.05) is 4.90 Å². The van der Waals surface area contributed by atoms with Gasteiger partial charge in [-0.1, -0.05) is 6.42 Å². The van der Waals surface area contributed by atoms with Gasteiger partial charge in [-0.2, -0.15) is 5.10 Å². The summed E-state index contributed by atoms with van der Waals surface area (Å²) >= 11 is 0. The minimum absolute atomic E-state index is 0.0752. The Morgan fingerprint density at radius 2 is 1.57 bits per heavy atom. The standard InChI is InChI=1S/C29H28F4N6O2S/c30-19-2-3-23(31)21(14-19)29(42(34,40)41)7-1-6-28(29,22-17-37-38-27(22)18-4-8-35-9-5-18)26-24(32)15-20(16-25(26)33)39-12-10-36-11-13-39/h2-5,8-9,14-17,36H,1,6-7,10-13H2,(H,37,38)(H2,34,40,41). The first-order chi connectivity index (χ1) is 20.1. The van der Waals surface area contributed by atoms with E-state index >= 15 is 13.2 Å². The first-order valence-electron chi connectivity index (χ1n) is 13.5. The molecule has 6 rings (SSSR count). The van der Waals surface area contributed by atoms with Gasteiger partial charge in [0, 0.05) is 66.5 Å². The number of pyridine rings is 1. The summed E-state index contributed by atoms with van der Waals surface area (Å²) in [5.41, 5.74) is -2.27. The number of anilines is 1. The molecule has 0 amide bonds. The Morgan fingerprint density at radius 3 is 2.24 bits per heavy atom. The van der Waals surface area contributed by atoms with Crippen LogP contribution in [0.1, 0.15) is 36.0 Å². The minimum atomic E-state index is -4.91. The number of halogens is 4. The van der Waals surface area contributed by atoms with Crippen molar-refractivity contribution in [1.29, 1.82) is 0 Å². The van der Waals surface area contributed by atoms with Crippen molar-refractivity contribution < 1.29 is 26.0 Å². The Bertz CT molecular complexity index is 1720. The van der Waals surface area contributed by atoms with E-state index in [2.05, 4.69) is 20.5 Å². The number of sulfonamides is 1. The van der Waals surface area contributed by atoms with Gasteiger partial charge in [0.05, 0.1) is 17.3 Å². The van der Waals surface area contributed by atoms with Crippen molar-refractivity contribution in [2.24, 2.45) is 5.14 Å². The van der Waals surface area contributed by atoms with Crippen LogP contribution in [0.5, 0.6) is 0 Å². The molecule has 2 aromatic heterocycles. The van der Waals surface area contributed by atoms with Gasteiger partial charge < -0.3 is 10.2 Å². The molecule has 42 heavy (non-hydrogen) atoms. The maximum Gasteiger partial charge on any atom is 0.220 e. The molecule has 1 saturated heterocycles. The zero-order valence-electron chi connectivity index (χ0n) is 22.4. The van der Waals surface area contributed by atoms with Gasteiger partial charge in [0.2, 0.25) is 10.0 Å². The van der Waals surface area contributed by atoms with Crippen molar-refractivity contribution in [3.05, 3.63) is 101 Å². The number of aromatic amines is 1. The van der Waals surface area contributed by atoms with Crippen molar-refractivity contribution in [3.63, 3.8) is 0 Å². The van der Waals surface area contributed by atoms with Crippen LogP contribution in [-0.2, 0) is 20.2 Å². The molecule has 2 unspecified atom stereocenters. The Morgan fingerprint density at radius 1 is 0.881 bits per heavy atom. The first-order valence-corrected chi connectivity index (χ1v) is 15.0. The molecule has 1 saturated carbocycles. The molecule has 1 aliphatic carbocycles. The average Bonchev–Trinajstić information content (AvgIpc) is 3.62. The van der Waals surface area contributed by atoms with Crippen molar-refractivity contribution >= 4 is 15.7 Å². The van der Waals surface area contributed by atoms with Gasteiger partial charge in [-0.3, -0.25) is 10.1 Å². The molecule has 2 atom stereocenters. The lowest BCUT2D eigenvalue weighted by molar-refractivity contribution is 0.356. The molecule has 2 aliphatic rings. The van der Waals surface area contributed by atoms with Gasteiger partial charge in [-0.25, -0.2) is 31.1 Å². The maximum absolute atomic E-state index is 16.6. The minimum Gasteiger partial charge on any atom is -0.369 e. The second-order valence-corrected chi connectivity index (χ2v) is 12.5. The molecular weight excluding hydrogens is 572 g/mol. The van der Waals surface area contributed by atoms with E-state index in [1.54, 1.807) is 12.1 Å². The van der Waals surface area contributed by atoms with Crippen molar-refractivity contribution in [3.8, 4) is 11.3 Å². The monoisotopic (exact) mass is 600 g/mol. The summed E-state index contributed by atoms with van der Waals surface area (Å²) in [6.45, 7) is 2.25. The predicted octanol–water partition coefficient (Wildman–Crippen LogP) is 4.09. The highest BCUT2D eigenvalue weighted by Gasteiger charge is 2.67. The van der Waals surface area contributed by atoms with Gasteiger partial charge in [0.1, 0.15) is 28.0 Å². The number of piperazine rings is 1. The number of rotatable bonds is 6. The van der Waals surface area contributed by atoms with Crippen molar-refractivity contribution in [2.75, 3.05) is 31.1 Å². The molecule has 13 heteroatoms. The lowest BCUT2D eigenvalue weighted by Crippen LogP contribution is -2.55. The van der Waals surface area contributed by atoms with Gasteiger partial charge in [-0.15, -0.1) is 0 Å². The topological polar surface area (TPSA) is 117 Å². The normalized spacial score (nSPS) is 22.9. The van der Waals surface area contributed by atoms with Crippen molar-refractivity contribution in [1.82, 2.24) is 20.5 Å². The summed E-state index contributed by atoms with van der Waals surface area (Å²) in [5.74, 6) is -4.05. The highest BCUT2D eigenvalue weighted by Crippen LogP contribution is 2.63. The van der Waals surface area contributed by atoms with E-state index in [9.17, 15) is 12.8 Å². The molecule has 0 bridgehead atoms. The third-order valence-electron chi connectivity index (χ3n) is 8.62. The van der Waals surface area contributed by atoms with Crippen LogP contribution in [0.3, 0.4) is 0 Å². The summed E-state index contributed by atoms with van der Waals surface area (Å²) < 4.78 is 88.9. The number of H-pyrrole nitrogens is 1. The van der Waals surface area contributed by atoms with Crippen LogP contribution in [0.2, 0.25) is 0 Å². The van der Waals surface area contributed by atoms with E-state index < -0.39 is 54.6 Å². The van der Waals surface area contributed by atoms with E-state index in [0.29, 0.717) is 31.7 Å². The van der Waals surface area contributed by atoms with Crippen LogP contribution in [0.4, 0.5) is 23.2 Å². The van der Waals surface area contributed by atoms with Crippen LogP contribution in [0.15, 0.2) is 61.1 Å². The first kappa shape index (κ1) is 28.3. The van der Waals surface area contributed by atoms with Crippen molar-refractivity contribution in [2.45, 2.75) is 29.4 Å². The molecule has 220 valence electrons. The Balaban J connectivity index is 1.73. The number of nitrogens with zero attached hydrogens (tertiary/aromatic N) is 3. The molecule has 8 nitrogen and oxygen atoms in total. The molecule has 4 N–H and O–H groups in total. The van der Waals surface area contributed by atoms with Crippen LogP contribution in [0.25, 0.3) is 11.3 Å². The molecule has 1 aliphatic heterocycles. The number of primary sulfonamides is 1. The molecule has 0 spiro atoms. The molecule has 3 heterocycles. The molecule has 0 radical (unpaired) electrons. The lowest BCUT2D eigenvalue weighted by atomic mass is 9.63. The fourth-order valence-electron chi connectivity index (χ4n) is 6.96. The van der Waals surface area contributed by atoms with Crippen LogP contribution in [-0.4, -0.2) is 49.8 Å². The summed E-state index contributed by atoms with van der Waals surface area (Å²) in [4.78, 5) is 5.82. The number of nitrogens with one attached hydrogen (secondary N) is 2. The Hall–Kier alpha value is -3.81. The Kier molecular flexibility index (Phi) is 7.06. The number of nitrogens with two attached hydrogens (primary N) is 1. The third-order valence-corrected chi connectivity index (χ3v) is 10.4. The number of aromatic nitrogens is 3. The van der Waals surface area contributed by atoms with Crippen LogP contribution < -0.4 is 15.4 Å². The van der Waals surface area contributed by atoms with Gasteiger partial charge in [-0.05, 0) is 55.3 Å². The van der Waals surface area contributed by atoms with Gasteiger partial charge in [0.25, 0.3) is 0 Å². The summed E-state index contributed by atoms with van der Waals surface area (Å²) in [5, 5.41) is 16.1. The zero-order chi connectivity index (χ0) is 29.7. The van der Waals surface area contributed by atoms with E-state index in [0.717, 1.165) is 30.3 Å². The summed E-state index contributed by atoms with van der Waals surface area (Å²) in [7, 11) is -4.91. The second-order valence-electron chi connectivity index (χ2n) is 10.7. The average molecular weight is 601 g/mol. The SMILES string of the molecule is NS(=O)(=O)C1(c2cc(F)ccc2F)CCCC1(c1cn[nH]c1-c1ccncc1)c1c(F)cc(N2CCNCC2)cc1F. The largest absolute Gasteiger partial charge is 0.369 e. The summed E-state index contributed by atoms with van der Waals surface area (Å²) in [6, 6.07) is 7.92. The predicted molar refractivity (Wildman–Crippen MR) is 149 cm³/mol.